The van der Waals surface area contributed by atoms with Crippen LogP contribution in [0.25, 0.3) is 0 Å². The molecule has 0 N–H and O–H groups in total. The third kappa shape index (κ3) is 2.98. The van der Waals surface area contributed by atoms with E-state index in [2.05, 4.69) is 82.4 Å². The van der Waals surface area contributed by atoms with Crippen molar-refractivity contribution in [2.75, 3.05) is 20.0 Å². The molecule has 1 aliphatic heterocycles. The summed E-state index contributed by atoms with van der Waals surface area (Å²) in [4.78, 5) is 4.90. The van der Waals surface area contributed by atoms with E-state index in [0.717, 1.165) is 17.0 Å². The number of para-hydroxylation sites is 1. The van der Waals surface area contributed by atoms with Crippen molar-refractivity contribution in [3.8, 4) is 0 Å². The molecule has 3 rings (SSSR count). The Morgan fingerprint density at radius 1 is 1.05 bits per heavy atom. The number of rotatable bonds is 2. The SMILES string of the molecule is CC1(C)C(c2[c-]ccc([P+](C)(C)C)c2)=Nc2ccccc21.[Ir]. The standard InChI is InChI=1S/C19H22NP.Ir/c1-19(2)16-11-6-7-12-17(16)20-18(19)14-9-8-10-15(13-14)21(3,4)5;/h6-8,10-13H,1-5H3;. The molecule has 0 atom stereocenters. The van der Waals surface area contributed by atoms with Gasteiger partial charge in [-0.15, -0.1) is 29.8 Å². The number of fused-ring (bicyclic) bond motifs is 1. The summed E-state index contributed by atoms with van der Waals surface area (Å²) >= 11 is 0. The molecule has 1 heterocycles. The Kier molecular flexibility index (Phi) is 4.79. The van der Waals surface area contributed by atoms with Crippen LogP contribution in [-0.4, -0.2) is 25.7 Å². The molecule has 0 aliphatic carbocycles. The first-order valence-electron chi connectivity index (χ1n) is 7.33. The van der Waals surface area contributed by atoms with Gasteiger partial charge in [0.15, 0.2) is 0 Å². The summed E-state index contributed by atoms with van der Waals surface area (Å²) in [6.07, 6.45) is 0. The molecule has 1 aliphatic rings. The van der Waals surface area contributed by atoms with E-state index in [1.54, 1.807) is 0 Å². The van der Waals surface area contributed by atoms with Crippen LogP contribution in [0, 0.1) is 6.07 Å². The molecule has 1 nitrogen and oxygen atoms in total. The first-order chi connectivity index (χ1) is 9.80. The van der Waals surface area contributed by atoms with Gasteiger partial charge in [-0.25, -0.2) is 0 Å². The van der Waals surface area contributed by atoms with Crippen molar-refractivity contribution < 1.29 is 20.1 Å². The number of hydrogen-bond donors (Lipinski definition) is 0. The van der Waals surface area contributed by atoms with Crippen LogP contribution in [0.1, 0.15) is 25.0 Å². The monoisotopic (exact) mass is 488 g/mol. The molecule has 0 spiro atoms. The van der Waals surface area contributed by atoms with Crippen molar-refractivity contribution in [1.82, 2.24) is 0 Å². The predicted molar refractivity (Wildman–Crippen MR) is 95.3 cm³/mol. The summed E-state index contributed by atoms with van der Waals surface area (Å²) in [6.45, 7) is 11.6. The van der Waals surface area contributed by atoms with Crippen LogP contribution in [-0.2, 0) is 25.5 Å². The van der Waals surface area contributed by atoms with E-state index in [1.807, 2.05) is 0 Å². The second-order valence-electron chi connectivity index (χ2n) is 7.08. The van der Waals surface area contributed by atoms with E-state index in [4.69, 9.17) is 4.99 Å². The molecule has 0 saturated heterocycles. The molecule has 0 aromatic heterocycles. The minimum Gasteiger partial charge on any atom is -0.300 e. The van der Waals surface area contributed by atoms with E-state index >= 15 is 0 Å². The second-order valence-corrected chi connectivity index (χ2v) is 11.6. The molecule has 22 heavy (non-hydrogen) atoms. The molecule has 0 saturated carbocycles. The first kappa shape index (κ1) is 17.5. The Labute approximate surface area is 147 Å². The van der Waals surface area contributed by atoms with Crippen LogP contribution in [0.4, 0.5) is 5.69 Å². The van der Waals surface area contributed by atoms with Gasteiger partial charge < -0.3 is 0 Å². The van der Waals surface area contributed by atoms with Gasteiger partial charge in [-0.3, -0.25) is 4.99 Å². The van der Waals surface area contributed by atoms with Crippen molar-refractivity contribution >= 4 is 24.0 Å². The maximum absolute atomic E-state index is 4.90. The van der Waals surface area contributed by atoms with Crippen molar-refractivity contribution in [2.45, 2.75) is 19.3 Å². The summed E-state index contributed by atoms with van der Waals surface area (Å²) in [7, 11) is -1.03. The zero-order valence-electron chi connectivity index (χ0n) is 13.8. The normalized spacial score (nSPS) is 15.8. The Bertz CT molecular complexity index is 726. The second kappa shape index (κ2) is 6.00. The van der Waals surface area contributed by atoms with Crippen LogP contribution >= 0.6 is 7.26 Å². The maximum atomic E-state index is 4.90. The van der Waals surface area contributed by atoms with Crippen LogP contribution < -0.4 is 5.30 Å². The van der Waals surface area contributed by atoms with Crippen LogP contribution in [0.2, 0.25) is 0 Å². The number of hydrogen-bond acceptors (Lipinski definition) is 1. The zero-order valence-corrected chi connectivity index (χ0v) is 17.1. The van der Waals surface area contributed by atoms with Crippen molar-refractivity contribution in [1.29, 1.82) is 0 Å². The summed E-state index contributed by atoms with van der Waals surface area (Å²) in [5.41, 5.74) is 4.64. The van der Waals surface area contributed by atoms with Crippen LogP contribution in [0.5, 0.6) is 0 Å². The number of nitrogens with zero attached hydrogens (tertiary/aromatic N) is 1. The Morgan fingerprint density at radius 3 is 2.36 bits per heavy atom. The molecule has 0 bridgehead atoms. The molecule has 0 fully saturated rings. The summed E-state index contributed by atoms with van der Waals surface area (Å²) in [5, 5.41) is 1.44. The van der Waals surface area contributed by atoms with Crippen molar-refractivity contribution in [3.05, 3.63) is 59.7 Å². The van der Waals surface area contributed by atoms with Crippen LogP contribution in [0.3, 0.4) is 0 Å². The topological polar surface area (TPSA) is 12.4 Å². The summed E-state index contributed by atoms with van der Waals surface area (Å²) in [6, 6.07) is 18.4. The Hall–Kier alpha value is -0.811. The number of aliphatic imine (C=N–C) groups is 1. The minimum absolute atomic E-state index is 0. The fourth-order valence-corrected chi connectivity index (χ4v) is 3.93. The van der Waals surface area contributed by atoms with Gasteiger partial charge in [0.1, 0.15) is 0 Å². The quantitative estimate of drug-likeness (QED) is 0.439. The molecule has 2 aromatic carbocycles. The van der Waals surface area contributed by atoms with Gasteiger partial charge in [-0.2, -0.15) is 0 Å². The zero-order chi connectivity index (χ0) is 15.3. The Balaban J connectivity index is 0.00000176. The van der Waals surface area contributed by atoms with Gasteiger partial charge in [0.05, 0.1) is 25.7 Å². The summed E-state index contributed by atoms with van der Waals surface area (Å²) in [5.74, 6) is 0. The Morgan fingerprint density at radius 2 is 1.73 bits per heavy atom. The first-order valence-corrected chi connectivity index (χ1v) is 10.5. The molecule has 0 amide bonds. The average Bonchev–Trinajstić information content (AvgIpc) is 2.70. The van der Waals surface area contributed by atoms with Gasteiger partial charge in [0.2, 0.25) is 0 Å². The van der Waals surface area contributed by atoms with Gasteiger partial charge >= 0.3 is 0 Å². The van der Waals surface area contributed by atoms with E-state index in [1.165, 1.54) is 10.9 Å². The average molecular weight is 488 g/mol. The molecule has 1 radical (unpaired) electrons. The van der Waals surface area contributed by atoms with Crippen LogP contribution in [0.15, 0.2) is 47.5 Å². The maximum Gasteiger partial charge on any atom is 0.0553 e. The van der Waals surface area contributed by atoms with Gasteiger partial charge in [0.25, 0.3) is 0 Å². The van der Waals surface area contributed by atoms with Gasteiger partial charge in [-0.1, -0.05) is 32.0 Å². The third-order valence-corrected chi connectivity index (χ3v) is 6.04. The molecule has 2 aromatic rings. The van der Waals surface area contributed by atoms with Gasteiger partial charge in [-0.05, 0) is 17.3 Å². The number of benzene rings is 2. The fourth-order valence-electron chi connectivity index (χ4n) is 2.89. The fraction of sp³-hybridized carbons (Fsp3) is 0.316. The largest absolute Gasteiger partial charge is 0.300 e. The third-order valence-electron chi connectivity index (χ3n) is 4.22. The van der Waals surface area contributed by atoms with Crippen molar-refractivity contribution in [3.63, 3.8) is 0 Å². The predicted octanol–water partition coefficient (Wildman–Crippen LogP) is 4.43. The van der Waals surface area contributed by atoms with Gasteiger partial charge in [0, 0.05) is 38.1 Å². The van der Waals surface area contributed by atoms with E-state index < -0.39 is 7.26 Å². The van der Waals surface area contributed by atoms with E-state index in [0.29, 0.717) is 0 Å². The smallest absolute Gasteiger partial charge is 0.0553 e. The molecular formula is C19H22IrNP. The molecular weight excluding hydrogens is 465 g/mol. The molecule has 3 heteroatoms. The molecule has 0 unspecified atom stereocenters. The molecule has 117 valence electrons. The van der Waals surface area contributed by atoms with E-state index in [9.17, 15) is 0 Å². The summed E-state index contributed by atoms with van der Waals surface area (Å²) < 4.78 is 0. The van der Waals surface area contributed by atoms with Crippen molar-refractivity contribution in [2.24, 2.45) is 4.99 Å². The van der Waals surface area contributed by atoms with E-state index in [-0.39, 0.29) is 25.5 Å². The minimum atomic E-state index is -1.03.